The SMILES string of the molecule is Cc1nc(NS(=O)(=O)c2ccc(Cl)cc2)sc1C(=O)NC1CC1. The van der Waals surface area contributed by atoms with E-state index >= 15 is 0 Å². The monoisotopic (exact) mass is 371 g/mol. The molecule has 0 aliphatic heterocycles. The maximum absolute atomic E-state index is 12.3. The Morgan fingerprint density at radius 3 is 2.57 bits per heavy atom. The molecule has 2 aromatic rings. The fourth-order valence-electron chi connectivity index (χ4n) is 1.92. The Bertz CT molecular complexity index is 843. The van der Waals surface area contributed by atoms with Gasteiger partial charge in [-0.3, -0.25) is 9.52 Å². The number of nitrogens with zero attached hydrogens (tertiary/aromatic N) is 1. The minimum absolute atomic E-state index is 0.0822. The number of hydrogen-bond donors (Lipinski definition) is 2. The van der Waals surface area contributed by atoms with Crippen molar-refractivity contribution < 1.29 is 13.2 Å². The predicted octanol–water partition coefficient (Wildman–Crippen LogP) is 2.80. The summed E-state index contributed by atoms with van der Waals surface area (Å²) in [7, 11) is -3.76. The average molecular weight is 372 g/mol. The zero-order chi connectivity index (χ0) is 16.6. The number of aromatic nitrogens is 1. The molecule has 0 spiro atoms. The third-order valence-electron chi connectivity index (χ3n) is 3.26. The van der Waals surface area contributed by atoms with Crippen molar-refractivity contribution in [2.45, 2.75) is 30.7 Å². The molecule has 3 rings (SSSR count). The van der Waals surface area contributed by atoms with E-state index in [2.05, 4.69) is 15.0 Å². The second-order valence-corrected chi connectivity index (χ2v) is 8.36. The van der Waals surface area contributed by atoms with Gasteiger partial charge in [-0.05, 0) is 44.0 Å². The minimum Gasteiger partial charge on any atom is -0.349 e. The Kier molecular flexibility index (Phi) is 4.31. The fourth-order valence-corrected chi connectivity index (χ4v) is 4.15. The van der Waals surface area contributed by atoms with Crippen LogP contribution in [0.1, 0.15) is 28.2 Å². The van der Waals surface area contributed by atoms with E-state index in [0.29, 0.717) is 15.6 Å². The molecule has 122 valence electrons. The van der Waals surface area contributed by atoms with Crippen molar-refractivity contribution in [3.63, 3.8) is 0 Å². The van der Waals surface area contributed by atoms with Crippen molar-refractivity contribution in [2.24, 2.45) is 0 Å². The van der Waals surface area contributed by atoms with Crippen LogP contribution in [0.25, 0.3) is 0 Å². The van der Waals surface area contributed by atoms with Crippen LogP contribution in [0.3, 0.4) is 0 Å². The van der Waals surface area contributed by atoms with Gasteiger partial charge in [0.05, 0.1) is 10.6 Å². The highest BCUT2D eigenvalue weighted by Gasteiger charge is 2.26. The number of aryl methyl sites for hydroxylation is 1. The Morgan fingerprint density at radius 2 is 1.96 bits per heavy atom. The van der Waals surface area contributed by atoms with Gasteiger partial charge in [-0.2, -0.15) is 0 Å². The number of rotatable bonds is 5. The van der Waals surface area contributed by atoms with E-state index in [9.17, 15) is 13.2 Å². The highest BCUT2D eigenvalue weighted by atomic mass is 35.5. The van der Waals surface area contributed by atoms with Gasteiger partial charge in [0, 0.05) is 11.1 Å². The molecule has 23 heavy (non-hydrogen) atoms. The highest BCUT2D eigenvalue weighted by Crippen LogP contribution is 2.27. The van der Waals surface area contributed by atoms with Gasteiger partial charge in [-0.1, -0.05) is 22.9 Å². The molecule has 1 heterocycles. The Labute approximate surface area is 142 Å². The first-order valence-corrected chi connectivity index (χ1v) is 9.59. The number of hydrogen-bond acceptors (Lipinski definition) is 5. The quantitative estimate of drug-likeness (QED) is 0.845. The highest BCUT2D eigenvalue weighted by molar-refractivity contribution is 7.93. The van der Waals surface area contributed by atoms with Crippen LogP contribution in [0, 0.1) is 6.92 Å². The van der Waals surface area contributed by atoms with Gasteiger partial charge in [-0.25, -0.2) is 13.4 Å². The molecule has 1 saturated carbocycles. The molecule has 6 nitrogen and oxygen atoms in total. The van der Waals surface area contributed by atoms with Crippen molar-refractivity contribution in [1.82, 2.24) is 10.3 Å². The topological polar surface area (TPSA) is 88.2 Å². The fraction of sp³-hybridized carbons (Fsp3) is 0.286. The minimum atomic E-state index is -3.76. The maximum Gasteiger partial charge on any atom is 0.263 e. The van der Waals surface area contributed by atoms with Crippen molar-refractivity contribution in [3.8, 4) is 0 Å². The van der Waals surface area contributed by atoms with Gasteiger partial charge in [0.2, 0.25) is 0 Å². The Hall–Kier alpha value is -1.64. The third kappa shape index (κ3) is 3.82. The molecule has 1 fully saturated rings. The summed E-state index contributed by atoms with van der Waals surface area (Å²) in [5, 5.41) is 3.48. The first kappa shape index (κ1) is 16.2. The number of sulfonamides is 1. The number of thiazole rings is 1. The van der Waals surface area contributed by atoms with Crippen LogP contribution in [0.2, 0.25) is 5.02 Å². The van der Waals surface area contributed by atoms with Gasteiger partial charge < -0.3 is 5.32 Å². The summed E-state index contributed by atoms with van der Waals surface area (Å²) in [5.74, 6) is -0.209. The molecule has 0 unspecified atom stereocenters. The predicted molar refractivity (Wildman–Crippen MR) is 89.6 cm³/mol. The van der Waals surface area contributed by atoms with Gasteiger partial charge >= 0.3 is 0 Å². The third-order valence-corrected chi connectivity index (χ3v) is 6.07. The van der Waals surface area contributed by atoms with E-state index in [1.54, 1.807) is 6.92 Å². The van der Waals surface area contributed by atoms with E-state index in [-0.39, 0.29) is 22.0 Å². The van der Waals surface area contributed by atoms with Crippen LogP contribution >= 0.6 is 22.9 Å². The Balaban J connectivity index is 1.79. The normalized spacial score (nSPS) is 14.5. The molecule has 1 aliphatic rings. The summed E-state index contributed by atoms with van der Waals surface area (Å²) in [6, 6.07) is 6.05. The lowest BCUT2D eigenvalue weighted by atomic mass is 10.4. The molecule has 1 aromatic carbocycles. The summed E-state index contributed by atoms with van der Waals surface area (Å²) in [5.41, 5.74) is 0.502. The van der Waals surface area contributed by atoms with Crippen LogP contribution < -0.4 is 10.0 Å². The lowest BCUT2D eigenvalue weighted by molar-refractivity contribution is 0.0954. The zero-order valence-corrected chi connectivity index (χ0v) is 14.6. The van der Waals surface area contributed by atoms with Crippen LogP contribution in [0.5, 0.6) is 0 Å². The number of halogens is 1. The van der Waals surface area contributed by atoms with Crippen molar-refractivity contribution >= 4 is 44.0 Å². The molecule has 1 amide bonds. The molecule has 9 heteroatoms. The van der Waals surface area contributed by atoms with Gasteiger partial charge in [0.25, 0.3) is 15.9 Å². The van der Waals surface area contributed by atoms with Crippen molar-refractivity contribution in [2.75, 3.05) is 4.72 Å². The van der Waals surface area contributed by atoms with Crippen LogP contribution in [-0.4, -0.2) is 25.4 Å². The lowest BCUT2D eigenvalue weighted by Crippen LogP contribution is -2.25. The number of carbonyl (C=O) groups is 1. The number of nitrogens with one attached hydrogen (secondary N) is 2. The smallest absolute Gasteiger partial charge is 0.263 e. The van der Waals surface area contributed by atoms with Crippen LogP contribution in [0.15, 0.2) is 29.2 Å². The molecule has 0 bridgehead atoms. The van der Waals surface area contributed by atoms with E-state index in [4.69, 9.17) is 11.6 Å². The Morgan fingerprint density at radius 1 is 1.30 bits per heavy atom. The summed E-state index contributed by atoms with van der Waals surface area (Å²) in [6.45, 7) is 1.68. The summed E-state index contributed by atoms with van der Waals surface area (Å²) < 4.78 is 27.0. The van der Waals surface area contributed by atoms with Crippen LogP contribution in [-0.2, 0) is 10.0 Å². The lowest BCUT2D eigenvalue weighted by Gasteiger charge is -2.04. The van der Waals surface area contributed by atoms with Gasteiger partial charge in [-0.15, -0.1) is 0 Å². The first-order valence-electron chi connectivity index (χ1n) is 6.92. The van der Waals surface area contributed by atoms with Crippen molar-refractivity contribution in [3.05, 3.63) is 39.9 Å². The number of anilines is 1. The van der Waals surface area contributed by atoms with E-state index in [0.717, 1.165) is 24.2 Å². The molecule has 0 radical (unpaired) electrons. The maximum atomic E-state index is 12.3. The summed E-state index contributed by atoms with van der Waals surface area (Å²) in [6.07, 6.45) is 1.97. The van der Waals surface area contributed by atoms with E-state index in [1.807, 2.05) is 0 Å². The van der Waals surface area contributed by atoms with E-state index in [1.165, 1.54) is 24.3 Å². The van der Waals surface area contributed by atoms with Gasteiger partial charge in [0.15, 0.2) is 5.13 Å². The molecular weight excluding hydrogens is 358 g/mol. The van der Waals surface area contributed by atoms with Gasteiger partial charge in [0.1, 0.15) is 4.88 Å². The molecule has 1 aromatic heterocycles. The molecular formula is C14H14ClN3O3S2. The van der Waals surface area contributed by atoms with Crippen molar-refractivity contribution in [1.29, 1.82) is 0 Å². The van der Waals surface area contributed by atoms with Crippen LogP contribution in [0.4, 0.5) is 5.13 Å². The molecule has 0 saturated heterocycles. The second kappa shape index (κ2) is 6.10. The molecule has 2 N–H and O–H groups in total. The molecule has 0 atom stereocenters. The van der Waals surface area contributed by atoms with E-state index < -0.39 is 10.0 Å². The summed E-state index contributed by atoms with van der Waals surface area (Å²) >= 11 is 6.78. The standard InChI is InChI=1S/C14H14ClN3O3S2/c1-8-12(13(19)17-10-4-5-10)22-14(16-8)18-23(20,21)11-6-2-9(15)3-7-11/h2-3,6-7,10H,4-5H2,1H3,(H,16,18)(H,17,19). The summed E-state index contributed by atoms with van der Waals surface area (Å²) in [4.78, 5) is 16.7. The number of amides is 1. The molecule has 1 aliphatic carbocycles. The zero-order valence-electron chi connectivity index (χ0n) is 12.2. The average Bonchev–Trinajstić information content (AvgIpc) is 3.21. The number of carbonyl (C=O) groups excluding carboxylic acids is 1. The first-order chi connectivity index (χ1) is 10.8. The second-order valence-electron chi connectivity index (χ2n) is 5.24. The largest absolute Gasteiger partial charge is 0.349 e. The number of benzene rings is 1.